The van der Waals surface area contributed by atoms with Gasteiger partial charge in [-0.15, -0.1) is 0 Å². The summed E-state index contributed by atoms with van der Waals surface area (Å²) >= 11 is 12.8. The predicted molar refractivity (Wildman–Crippen MR) is 167 cm³/mol. The Morgan fingerprint density at radius 3 is 2.45 bits per heavy atom. The number of benzene rings is 3. The van der Waals surface area contributed by atoms with Gasteiger partial charge in [0, 0.05) is 52.7 Å². The van der Waals surface area contributed by atoms with Crippen LogP contribution in [0, 0.1) is 6.92 Å². The number of nitrogens with zero attached hydrogens (tertiary/aromatic N) is 4. The highest BCUT2D eigenvalue weighted by molar-refractivity contribution is 6.32. The first-order valence-electron chi connectivity index (χ1n) is 13.8. The SMILES string of the molecule is CCN(C)c1ccc(-c2nc3c(n2C(C)C)[C@@]2(C(=O)Nc4cc(Cl)ccc42)N(c2cc(Cl)ccc2C)C3=O)c(OC)c1. The number of amides is 2. The van der Waals surface area contributed by atoms with Crippen molar-refractivity contribution in [1.29, 1.82) is 0 Å². The monoisotopic (exact) mass is 603 g/mol. The first-order valence-corrected chi connectivity index (χ1v) is 14.5. The van der Waals surface area contributed by atoms with E-state index in [-0.39, 0.29) is 17.6 Å². The largest absolute Gasteiger partial charge is 0.496 e. The maximum absolute atomic E-state index is 14.6. The number of fused-ring (bicyclic) bond motifs is 4. The fourth-order valence-electron chi connectivity index (χ4n) is 6.11. The number of nitrogens with one attached hydrogen (secondary N) is 1. The van der Waals surface area contributed by atoms with Crippen LogP contribution < -0.4 is 19.9 Å². The highest BCUT2D eigenvalue weighted by Gasteiger charge is 2.64. The molecule has 3 aromatic carbocycles. The molecule has 3 heterocycles. The summed E-state index contributed by atoms with van der Waals surface area (Å²) in [5.74, 6) is 0.398. The molecule has 1 aromatic heterocycles. The molecule has 1 N–H and O–H groups in total. The second-order valence-electron chi connectivity index (χ2n) is 10.9. The second kappa shape index (κ2) is 10.1. The van der Waals surface area contributed by atoms with E-state index in [9.17, 15) is 9.59 Å². The summed E-state index contributed by atoms with van der Waals surface area (Å²) in [4.78, 5) is 37.6. The van der Waals surface area contributed by atoms with E-state index in [0.717, 1.165) is 23.4 Å². The summed E-state index contributed by atoms with van der Waals surface area (Å²) in [6.45, 7) is 8.81. The van der Waals surface area contributed by atoms with Crippen LogP contribution in [0.25, 0.3) is 11.4 Å². The molecular weight excluding hydrogens is 573 g/mol. The Hall–Kier alpha value is -4.01. The standard InChI is InChI=1S/C32H31Cl2N5O3/c1-7-37(5)21-11-12-22(26(16-21)42-6)29-36-27-28(38(29)17(2)3)32(23-13-10-19(33)14-24(23)35-31(32)41)39(30(27)40)25-15-20(34)9-8-18(25)4/h8-17H,7H2,1-6H3,(H,35,41)/t32-/m0/s1. The van der Waals surface area contributed by atoms with E-state index < -0.39 is 11.4 Å². The molecule has 1 atom stereocenters. The van der Waals surface area contributed by atoms with E-state index in [0.29, 0.717) is 44.3 Å². The van der Waals surface area contributed by atoms with Crippen molar-refractivity contribution in [2.24, 2.45) is 0 Å². The third kappa shape index (κ3) is 3.85. The lowest BCUT2D eigenvalue weighted by molar-refractivity contribution is -0.119. The fourth-order valence-corrected chi connectivity index (χ4v) is 6.45. The zero-order chi connectivity index (χ0) is 30.1. The van der Waals surface area contributed by atoms with Gasteiger partial charge in [-0.1, -0.05) is 35.3 Å². The van der Waals surface area contributed by atoms with Crippen LogP contribution in [0.3, 0.4) is 0 Å². The number of aromatic nitrogens is 2. The summed E-state index contributed by atoms with van der Waals surface area (Å²) in [6.07, 6.45) is 0. The van der Waals surface area contributed by atoms with Gasteiger partial charge in [-0.3, -0.25) is 14.5 Å². The van der Waals surface area contributed by atoms with Gasteiger partial charge < -0.3 is 19.5 Å². The summed E-state index contributed by atoms with van der Waals surface area (Å²) in [5.41, 5.74) is 3.34. The Labute approximate surface area is 254 Å². The summed E-state index contributed by atoms with van der Waals surface area (Å²) in [5, 5.41) is 3.93. The number of carbonyl (C=O) groups excluding carboxylic acids is 2. The first kappa shape index (κ1) is 28.1. The minimum Gasteiger partial charge on any atom is -0.496 e. The van der Waals surface area contributed by atoms with Crippen molar-refractivity contribution in [2.45, 2.75) is 39.3 Å². The van der Waals surface area contributed by atoms with Gasteiger partial charge in [0.15, 0.2) is 11.2 Å². The van der Waals surface area contributed by atoms with Gasteiger partial charge in [-0.25, -0.2) is 4.98 Å². The molecule has 2 aliphatic rings. The average Bonchev–Trinajstić information content (AvgIpc) is 3.57. The molecule has 8 nitrogen and oxygen atoms in total. The molecule has 216 valence electrons. The normalized spacial score (nSPS) is 17.2. The van der Waals surface area contributed by atoms with E-state index in [1.54, 1.807) is 42.3 Å². The Balaban J connectivity index is 1.70. The zero-order valence-electron chi connectivity index (χ0n) is 24.3. The van der Waals surface area contributed by atoms with Crippen molar-refractivity contribution in [2.75, 3.05) is 35.8 Å². The minimum absolute atomic E-state index is 0.173. The van der Waals surface area contributed by atoms with Crippen LogP contribution >= 0.6 is 23.2 Å². The van der Waals surface area contributed by atoms with Crippen LogP contribution in [-0.4, -0.2) is 42.1 Å². The predicted octanol–water partition coefficient (Wildman–Crippen LogP) is 7.07. The lowest BCUT2D eigenvalue weighted by Crippen LogP contribution is -2.51. The van der Waals surface area contributed by atoms with Gasteiger partial charge in [0.25, 0.3) is 11.8 Å². The van der Waals surface area contributed by atoms with Gasteiger partial charge >= 0.3 is 0 Å². The molecule has 0 aliphatic carbocycles. The molecule has 0 radical (unpaired) electrons. The lowest BCUT2D eigenvalue weighted by Gasteiger charge is -2.36. The molecule has 4 aromatic rings. The fraction of sp³-hybridized carbons (Fsp3) is 0.281. The van der Waals surface area contributed by atoms with E-state index in [2.05, 4.69) is 17.1 Å². The third-order valence-corrected chi connectivity index (χ3v) is 8.68. The van der Waals surface area contributed by atoms with Crippen LogP contribution in [0.5, 0.6) is 5.75 Å². The number of halogens is 2. The lowest BCUT2D eigenvalue weighted by atomic mass is 9.86. The quantitative estimate of drug-likeness (QED) is 0.255. The van der Waals surface area contributed by atoms with E-state index >= 15 is 0 Å². The number of rotatable bonds is 6. The van der Waals surface area contributed by atoms with Gasteiger partial charge in [0.2, 0.25) is 0 Å². The van der Waals surface area contributed by atoms with E-state index in [1.807, 2.05) is 56.7 Å². The Morgan fingerprint density at radius 1 is 1.05 bits per heavy atom. The highest BCUT2D eigenvalue weighted by Crippen LogP contribution is 2.55. The van der Waals surface area contributed by atoms with Crippen LogP contribution in [0.4, 0.5) is 17.1 Å². The Bertz CT molecular complexity index is 1780. The number of hydrogen-bond donors (Lipinski definition) is 1. The molecule has 0 bridgehead atoms. The molecule has 0 saturated carbocycles. The number of carbonyl (C=O) groups is 2. The van der Waals surface area contributed by atoms with Gasteiger partial charge in [0.05, 0.1) is 24.1 Å². The molecule has 2 amide bonds. The summed E-state index contributed by atoms with van der Waals surface area (Å²) < 4.78 is 7.82. The Morgan fingerprint density at radius 2 is 1.76 bits per heavy atom. The first-order chi connectivity index (χ1) is 20.0. The third-order valence-electron chi connectivity index (χ3n) is 8.21. The van der Waals surface area contributed by atoms with Crippen molar-refractivity contribution >= 4 is 52.1 Å². The van der Waals surface area contributed by atoms with Crippen LogP contribution in [0.15, 0.2) is 54.6 Å². The highest BCUT2D eigenvalue weighted by atomic mass is 35.5. The summed E-state index contributed by atoms with van der Waals surface area (Å²) in [7, 11) is 3.63. The van der Waals surface area contributed by atoms with Crippen LogP contribution in [0.2, 0.25) is 10.0 Å². The smallest absolute Gasteiger partial charge is 0.280 e. The number of anilines is 3. The maximum Gasteiger partial charge on any atom is 0.280 e. The maximum atomic E-state index is 14.6. The van der Waals surface area contributed by atoms with Gasteiger partial charge in [-0.2, -0.15) is 0 Å². The molecule has 0 unspecified atom stereocenters. The summed E-state index contributed by atoms with van der Waals surface area (Å²) in [6, 6.07) is 16.3. The van der Waals surface area contributed by atoms with Gasteiger partial charge in [0.1, 0.15) is 11.6 Å². The van der Waals surface area contributed by atoms with Crippen molar-refractivity contribution in [1.82, 2.24) is 9.55 Å². The molecule has 10 heteroatoms. The topological polar surface area (TPSA) is 79.7 Å². The molecule has 42 heavy (non-hydrogen) atoms. The Kier molecular flexibility index (Phi) is 6.74. The van der Waals surface area contributed by atoms with Crippen molar-refractivity contribution in [3.05, 3.63) is 87.2 Å². The molecule has 1 spiro atoms. The molecule has 2 aliphatic heterocycles. The average molecular weight is 605 g/mol. The number of methoxy groups -OCH3 is 1. The molecule has 6 rings (SSSR count). The van der Waals surface area contributed by atoms with Crippen molar-refractivity contribution in [3.63, 3.8) is 0 Å². The molecular formula is C32H31Cl2N5O3. The molecule has 0 saturated heterocycles. The number of hydrogen-bond acceptors (Lipinski definition) is 5. The van der Waals surface area contributed by atoms with Crippen LogP contribution in [-0.2, 0) is 10.3 Å². The number of ether oxygens (including phenoxy) is 1. The van der Waals surface area contributed by atoms with E-state index in [1.165, 1.54) is 0 Å². The van der Waals surface area contributed by atoms with Crippen molar-refractivity contribution < 1.29 is 14.3 Å². The number of aryl methyl sites for hydroxylation is 1. The van der Waals surface area contributed by atoms with Crippen molar-refractivity contribution in [3.8, 4) is 17.1 Å². The van der Waals surface area contributed by atoms with Gasteiger partial charge in [-0.05, 0) is 69.7 Å². The second-order valence-corrected chi connectivity index (χ2v) is 11.8. The van der Waals surface area contributed by atoms with E-state index in [4.69, 9.17) is 32.9 Å². The van der Waals surface area contributed by atoms with Crippen LogP contribution in [0.1, 0.15) is 54.1 Å². The number of imidazole rings is 1. The zero-order valence-corrected chi connectivity index (χ0v) is 25.8. The minimum atomic E-state index is -1.55. The molecule has 0 fully saturated rings.